The molecule has 0 spiro atoms. The first-order chi connectivity index (χ1) is 15.3. The van der Waals surface area contributed by atoms with E-state index in [9.17, 15) is 4.79 Å². The van der Waals surface area contributed by atoms with Gasteiger partial charge in [-0.15, -0.1) is 0 Å². The zero-order chi connectivity index (χ0) is 22.9. The highest BCUT2D eigenvalue weighted by molar-refractivity contribution is 5.90. The molecule has 1 aliphatic carbocycles. The molecule has 2 fully saturated rings. The van der Waals surface area contributed by atoms with Crippen LogP contribution < -0.4 is 15.5 Å². The third-order valence-electron chi connectivity index (χ3n) is 7.56. The SMILES string of the molecule is Cc1cccc(C2(N(C)C)CCC(CN(C(N)=O)c3ncc(N4CCC4)cc3C)CC2)c1. The second-order valence-electron chi connectivity index (χ2n) is 9.86. The van der Waals surface area contributed by atoms with Gasteiger partial charge in [-0.2, -0.15) is 0 Å². The van der Waals surface area contributed by atoms with Crippen molar-refractivity contribution in [2.24, 2.45) is 11.7 Å². The topological polar surface area (TPSA) is 65.7 Å². The fraction of sp³-hybridized carbons (Fsp3) is 0.538. The molecule has 0 atom stereocenters. The number of nitrogens with zero attached hydrogens (tertiary/aromatic N) is 4. The van der Waals surface area contributed by atoms with E-state index < -0.39 is 6.03 Å². The maximum atomic E-state index is 12.4. The average Bonchev–Trinajstić information content (AvgIpc) is 2.71. The highest BCUT2D eigenvalue weighted by Gasteiger charge is 2.39. The molecule has 1 aliphatic heterocycles. The van der Waals surface area contributed by atoms with Crippen molar-refractivity contribution in [2.45, 2.75) is 51.5 Å². The fourth-order valence-corrected chi connectivity index (χ4v) is 5.39. The fourth-order valence-electron chi connectivity index (χ4n) is 5.39. The second-order valence-corrected chi connectivity index (χ2v) is 9.86. The van der Waals surface area contributed by atoms with Gasteiger partial charge in [-0.05, 0) is 83.2 Å². The molecule has 4 rings (SSSR count). The number of rotatable bonds is 6. The number of hydrogen-bond donors (Lipinski definition) is 1. The summed E-state index contributed by atoms with van der Waals surface area (Å²) in [5.74, 6) is 1.11. The van der Waals surface area contributed by atoms with Gasteiger partial charge in [-0.3, -0.25) is 9.80 Å². The normalized spacial score (nSPS) is 23.2. The van der Waals surface area contributed by atoms with E-state index in [1.807, 2.05) is 13.1 Å². The van der Waals surface area contributed by atoms with Crippen LogP contribution in [0, 0.1) is 19.8 Å². The average molecular weight is 436 g/mol. The Morgan fingerprint density at radius 3 is 2.44 bits per heavy atom. The van der Waals surface area contributed by atoms with Gasteiger partial charge in [-0.1, -0.05) is 29.8 Å². The molecule has 1 aromatic heterocycles. The van der Waals surface area contributed by atoms with Gasteiger partial charge in [0.1, 0.15) is 5.82 Å². The molecule has 2 N–H and O–H groups in total. The molecule has 2 heterocycles. The van der Waals surface area contributed by atoms with E-state index >= 15 is 0 Å². The van der Waals surface area contributed by atoms with Crippen LogP contribution in [0.5, 0.6) is 0 Å². The van der Waals surface area contributed by atoms with Crippen LogP contribution in [-0.4, -0.2) is 49.6 Å². The highest BCUT2D eigenvalue weighted by Crippen LogP contribution is 2.43. The van der Waals surface area contributed by atoms with E-state index in [4.69, 9.17) is 5.73 Å². The largest absolute Gasteiger partial charge is 0.370 e. The molecule has 1 saturated heterocycles. The van der Waals surface area contributed by atoms with Crippen LogP contribution in [0.3, 0.4) is 0 Å². The molecule has 6 heteroatoms. The van der Waals surface area contributed by atoms with Crippen LogP contribution in [0.4, 0.5) is 16.3 Å². The Bertz CT molecular complexity index is 960. The number of aryl methyl sites for hydroxylation is 2. The number of amides is 2. The highest BCUT2D eigenvalue weighted by atomic mass is 16.2. The zero-order valence-electron chi connectivity index (χ0n) is 20.0. The maximum Gasteiger partial charge on any atom is 0.320 e. The van der Waals surface area contributed by atoms with Crippen molar-refractivity contribution in [3.05, 3.63) is 53.2 Å². The first-order valence-corrected chi connectivity index (χ1v) is 11.8. The second kappa shape index (κ2) is 9.10. The predicted molar refractivity (Wildman–Crippen MR) is 131 cm³/mol. The van der Waals surface area contributed by atoms with Crippen molar-refractivity contribution in [1.29, 1.82) is 0 Å². The van der Waals surface area contributed by atoms with Gasteiger partial charge in [0.25, 0.3) is 0 Å². The molecular weight excluding hydrogens is 398 g/mol. The van der Waals surface area contributed by atoms with Crippen molar-refractivity contribution in [2.75, 3.05) is 43.5 Å². The smallest absolute Gasteiger partial charge is 0.320 e. The molecule has 0 bridgehead atoms. The number of anilines is 2. The van der Waals surface area contributed by atoms with Crippen LogP contribution in [-0.2, 0) is 5.54 Å². The number of urea groups is 1. The lowest BCUT2D eigenvalue weighted by molar-refractivity contribution is 0.0787. The molecule has 2 aliphatic rings. The number of carbonyl (C=O) groups is 1. The summed E-state index contributed by atoms with van der Waals surface area (Å²) < 4.78 is 0. The van der Waals surface area contributed by atoms with Crippen LogP contribution >= 0.6 is 0 Å². The lowest BCUT2D eigenvalue weighted by atomic mass is 9.71. The lowest BCUT2D eigenvalue weighted by Crippen LogP contribution is -2.47. The summed E-state index contributed by atoms with van der Waals surface area (Å²) in [6.45, 7) is 6.97. The van der Waals surface area contributed by atoms with Crippen molar-refractivity contribution in [1.82, 2.24) is 9.88 Å². The first kappa shape index (κ1) is 22.6. The molecular formula is C26H37N5O. The summed E-state index contributed by atoms with van der Waals surface area (Å²) in [4.78, 5) is 23.4. The van der Waals surface area contributed by atoms with E-state index in [0.29, 0.717) is 18.3 Å². The molecule has 1 saturated carbocycles. The van der Waals surface area contributed by atoms with Gasteiger partial charge in [-0.25, -0.2) is 9.78 Å². The Balaban J connectivity index is 1.48. The Labute approximate surface area is 192 Å². The summed E-state index contributed by atoms with van der Waals surface area (Å²) >= 11 is 0. The minimum Gasteiger partial charge on any atom is -0.370 e. The minimum absolute atomic E-state index is 0.0487. The van der Waals surface area contributed by atoms with Crippen molar-refractivity contribution in [3.8, 4) is 0 Å². The molecule has 172 valence electrons. The molecule has 6 nitrogen and oxygen atoms in total. The quantitative estimate of drug-likeness (QED) is 0.728. The zero-order valence-corrected chi connectivity index (χ0v) is 20.0. The standard InChI is InChI=1S/C26H37N5O/c1-19-7-5-8-22(15-19)26(29(3)4)11-9-21(10-12-26)18-31(25(27)32)24-20(2)16-23(17-28-24)30-13-6-14-30/h5,7-8,15-17,21H,6,9-14,18H2,1-4H3,(H2,27,32). The monoisotopic (exact) mass is 435 g/mol. The summed E-state index contributed by atoms with van der Waals surface area (Å²) in [6, 6.07) is 10.6. The summed E-state index contributed by atoms with van der Waals surface area (Å²) in [5.41, 5.74) is 10.7. The van der Waals surface area contributed by atoms with E-state index in [1.54, 1.807) is 4.90 Å². The van der Waals surface area contributed by atoms with Crippen LogP contribution in [0.1, 0.15) is 48.8 Å². The van der Waals surface area contributed by atoms with Gasteiger partial charge in [0.2, 0.25) is 0 Å². The molecule has 0 radical (unpaired) electrons. The number of primary amides is 1. The first-order valence-electron chi connectivity index (χ1n) is 11.8. The van der Waals surface area contributed by atoms with Crippen LogP contribution in [0.25, 0.3) is 0 Å². The Kier molecular flexibility index (Phi) is 6.42. The summed E-state index contributed by atoms with van der Waals surface area (Å²) in [5, 5.41) is 0. The number of nitrogens with two attached hydrogens (primary N) is 1. The molecule has 2 aromatic rings. The third kappa shape index (κ3) is 4.33. The number of aromatic nitrogens is 1. The Morgan fingerprint density at radius 2 is 1.91 bits per heavy atom. The van der Waals surface area contributed by atoms with E-state index in [2.05, 4.69) is 66.1 Å². The number of carbonyl (C=O) groups excluding carboxylic acids is 1. The Morgan fingerprint density at radius 1 is 1.19 bits per heavy atom. The van der Waals surface area contributed by atoms with E-state index in [-0.39, 0.29) is 5.54 Å². The van der Waals surface area contributed by atoms with Crippen LogP contribution in [0.15, 0.2) is 36.5 Å². The Hall–Kier alpha value is -2.60. The van der Waals surface area contributed by atoms with Crippen molar-refractivity contribution >= 4 is 17.5 Å². The number of pyridine rings is 1. The van der Waals surface area contributed by atoms with Gasteiger partial charge in [0.05, 0.1) is 11.9 Å². The van der Waals surface area contributed by atoms with E-state index in [1.165, 1.54) is 17.5 Å². The number of hydrogen-bond acceptors (Lipinski definition) is 4. The van der Waals surface area contributed by atoms with Gasteiger partial charge < -0.3 is 10.6 Å². The molecule has 1 aromatic carbocycles. The third-order valence-corrected chi connectivity index (χ3v) is 7.56. The van der Waals surface area contributed by atoms with Crippen molar-refractivity contribution in [3.63, 3.8) is 0 Å². The van der Waals surface area contributed by atoms with Gasteiger partial charge in [0, 0.05) is 25.2 Å². The molecule has 32 heavy (non-hydrogen) atoms. The predicted octanol–water partition coefficient (Wildman–Crippen LogP) is 4.44. The number of benzene rings is 1. The van der Waals surface area contributed by atoms with E-state index in [0.717, 1.165) is 50.0 Å². The maximum absolute atomic E-state index is 12.4. The van der Waals surface area contributed by atoms with Gasteiger partial charge in [0.15, 0.2) is 0 Å². The lowest BCUT2D eigenvalue weighted by Gasteiger charge is -2.46. The minimum atomic E-state index is -0.416. The molecule has 0 unspecified atom stereocenters. The molecule has 2 amide bonds. The van der Waals surface area contributed by atoms with Crippen LogP contribution in [0.2, 0.25) is 0 Å². The summed E-state index contributed by atoms with van der Waals surface area (Å²) in [6.07, 6.45) is 7.36. The summed E-state index contributed by atoms with van der Waals surface area (Å²) in [7, 11) is 4.37. The van der Waals surface area contributed by atoms with Crippen molar-refractivity contribution < 1.29 is 4.79 Å². The van der Waals surface area contributed by atoms with Gasteiger partial charge >= 0.3 is 6.03 Å².